The highest BCUT2D eigenvalue weighted by molar-refractivity contribution is 6.25. The van der Waals surface area contributed by atoms with Gasteiger partial charge in [0, 0.05) is 28.3 Å². The SMILES string of the molecule is COc1ccc([C@H]2C3=C(N=C(C)C2C(C)=O)c2ccccc2C3=O)cc1. The van der Waals surface area contributed by atoms with Crippen molar-refractivity contribution in [3.05, 3.63) is 70.8 Å². The van der Waals surface area contributed by atoms with Gasteiger partial charge in [-0.2, -0.15) is 0 Å². The molecule has 2 atom stereocenters. The Morgan fingerprint density at radius 2 is 1.69 bits per heavy atom. The van der Waals surface area contributed by atoms with E-state index < -0.39 is 5.92 Å². The largest absolute Gasteiger partial charge is 0.497 e. The van der Waals surface area contributed by atoms with Crippen LogP contribution in [0.4, 0.5) is 0 Å². The second kappa shape index (κ2) is 6.06. The van der Waals surface area contributed by atoms with E-state index in [9.17, 15) is 9.59 Å². The van der Waals surface area contributed by atoms with Crippen molar-refractivity contribution in [2.45, 2.75) is 19.8 Å². The number of rotatable bonds is 3. The Bertz CT molecular complexity index is 983. The van der Waals surface area contributed by atoms with E-state index in [1.807, 2.05) is 55.5 Å². The van der Waals surface area contributed by atoms with Gasteiger partial charge in [-0.15, -0.1) is 0 Å². The number of ether oxygens (including phenoxy) is 1. The predicted octanol–water partition coefficient (Wildman–Crippen LogP) is 4.07. The minimum Gasteiger partial charge on any atom is -0.497 e. The number of hydrogen-bond acceptors (Lipinski definition) is 4. The molecule has 0 saturated heterocycles. The predicted molar refractivity (Wildman–Crippen MR) is 101 cm³/mol. The van der Waals surface area contributed by atoms with Gasteiger partial charge in [0.05, 0.1) is 18.7 Å². The Kier molecular flexibility index (Phi) is 3.83. The monoisotopic (exact) mass is 345 g/mol. The number of fused-ring (bicyclic) bond motifs is 2. The maximum absolute atomic E-state index is 13.1. The molecular formula is C22H19NO3. The van der Waals surface area contributed by atoms with Crippen LogP contribution in [-0.2, 0) is 4.79 Å². The number of ketones is 2. The number of nitrogens with zero attached hydrogens (tertiary/aromatic N) is 1. The van der Waals surface area contributed by atoms with Crippen molar-refractivity contribution in [2.24, 2.45) is 10.9 Å². The van der Waals surface area contributed by atoms with Gasteiger partial charge in [-0.1, -0.05) is 36.4 Å². The fourth-order valence-corrected chi connectivity index (χ4v) is 4.05. The molecule has 4 heteroatoms. The molecule has 1 aliphatic carbocycles. The molecule has 1 heterocycles. The van der Waals surface area contributed by atoms with Crippen molar-refractivity contribution in [3.63, 3.8) is 0 Å². The van der Waals surface area contributed by atoms with Crippen LogP contribution in [0.5, 0.6) is 5.75 Å². The zero-order valence-electron chi connectivity index (χ0n) is 14.9. The molecule has 130 valence electrons. The van der Waals surface area contributed by atoms with Crippen molar-refractivity contribution < 1.29 is 14.3 Å². The number of methoxy groups -OCH3 is 1. The van der Waals surface area contributed by atoms with Gasteiger partial charge in [-0.3, -0.25) is 14.6 Å². The maximum atomic E-state index is 13.1. The van der Waals surface area contributed by atoms with E-state index in [0.29, 0.717) is 16.8 Å². The summed E-state index contributed by atoms with van der Waals surface area (Å²) >= 11 is 0. The Hall–Kier alpha value is -3.01. The fourth-order valence-electron chi connectivity index (χ4n) is 4.05. The van der Waals surface area contributed by atoms with Gasteiger partial charge in [-0.05, 0) is 31.5 Å². The van der Waals surface area contributed by atoms with Crippen molar-refractivity contribution in [3.8, 4) is 5.75 Å². The van der Waals surface area contributed by atoms with E-state index in [2.05, 4.69) is 4.99 Å². The van der Waals surface area contributed by atoms with E-state index >= 15 is 0 Å². The number of Topliss-reactive ketones (excluding diaryl/α,β-unsaturated/α-hetero) is 2. The highest BCUT2D eigenvalue weighted by Crippen LogP contribution is 2.48. The molecule has 0 fully saturated rings. The summed E-state index contributed by atoms with van der Waals surface area (Å²) in [7, 11) is 1.61. The Labute approximate surface area is 152 Å². The minimum atomic E-state index is -0.430. The molecule has 26 heavy (non-hydrogen) atoms. The lowest BCUT2D eigenvalue weighted by molar-refractivity contribution is -0.119. The summed E-state index contributed by atoms with van der Waals surface area (Å²) in [4.78, 5) is 30.3. The van der Waals surface area contributed by atoms with Gasteiger partial charge in [0.1, 0.15) is 11.5 Å². The van der Waals surface area contributed by atoms with Crippen molar-refractivity contribution in [2.75, 3.05) is 7.11 Å². The van der Waals surface area contributed by atoms with Gasteiger partial charge in [0.2, 0.25) is 0 Å². The summed E-state index contributed by atoms with van der Waals surface area (Å²) in [6, 6.07) is 15.1. The molecule has 2 aromatic carbocycles. The normalized spacial score (nSPS) is 21.2. The molecule has 4 nitrogen and oxygen atoms in total. The molecule has 2 aromatic rings. The molecular weight excluding hydrogens is 326 g/mol. The van der Waals surface area contributed by atoms with E-state index in [4.69, 9.17) is 4.74 Å². The first-order valence-electron chi connectivity index (χ1n) is 8.60. The summed E-state index contributed by atoms with van der Waals surface area (Å²) in [6.07, 6.45) is 0. The van der Waals surface area contributed by atoms with Crippen LogP contribution in [0, 0.1) is 5.92 Å². The minimum absolute atomic E-state index is 0.0161. The highest BCUT2D eigenvalue weighted by atomic mass is 16.5. The summed E-state index contributed by atoms with van der Waals surface area (Å²) in [5.41, 5.74) is 4.53. The van der Waals surface area contributed by atoms with Gasteiger partial charge in [-0.25, -0.2) is 0 Å². The third-order valence-corrected chi connectivity index (χ3v) is 5.22. The number of benzene rings is 2. The molecule has 2 aliphatic rings. The molecule has 0 amide bonds. The fraction of sp³-hybridized carbons (Fsp3) is 0.227. The molecule has 0 radical (unpaired) electrons. The zero-order valence-corrected chi connectivity index (χ0v) is 14.9. The quantitative estimate of drug-likeness (QED) is 0.843. The third kappa shape index (κ3) is 2.33. The van der Waals surface area contributed by atoms with Gasteiger partial charge in [0.15, 0.2) is 5.78 Å². The van der Waals surface area contributed by atoms with E-state index in [0.717, 1.165) is 22.6 Å². The van der Waals surface area contributed by atoms with Crippen LogP contribution in [0.1, 0.15) is 41.3 Å². The molecule has 1 unspecified atom stereocenters. The summed E-state index contributed by atoms with van der Waals surface area (Å²) in [5.74, 6) is -0.0305. The van der Waals surface area contributed by atoms with Crippen molar-refractivity contribution in [1.29, 1.82) is 0 Å². The van der Waals surface area contributed by atoms with E-state index in [-0.39, 0.29) is 17.5 Å². The first kappa shape index (κ1) is 16.5. The van der Waals surface area contributed by atoms with Crippen molar-refractivity contribution in [1.82, 2.24) is 0 Å². The molecule has 0 N–H and O–H groups in total. The lowest BCUT2D eigenvalue weighted by atomic mass is 9.73. The van der Waals surface area contributed by atoms with Gasteiger partial charge in [0.25, 0.3) is 0 Å². The summed E-state index contributed by atoms with van der Waals surface area (Å²) in [6.45, 7) is 3.44. The number of carbonyl (C=O) groups excluding carboxylic acids is 2. The van der Waals surface area contributed by atoms with Crippen LogP contribution in [0.2, 0.25) is 0 Å². The first-order chi connectivity index (χ1) is 12.5. The Morgan fingerprint density at radius 3 is 2.31 bits per heavy atom. The second-order valence-electron chi connectivity index (χ2n) is 6.73. The lowest BCUT2D eigenvalue weighted by Crippen LogP contribution is -2.32. The molecule has 0 saturated carbocycles. The lowest BCUT2D eigenvalue weighted by Gasteiger charge is -2.30. The topological polar surface area (TPSA) is 55.7 Å². The van der Waals surface area contributed by atoms with Crippen LogP contribution in [0.25, 0.3) is 5.70 Å². The van der Waals surface area contributed by atoms with Crippen LogP contribution >= 0.6 is 0 Å². The van der Waals surface area contributed by atoms with E-state index in [1.165, 1.54) is 0 Å². The Morgan fingerprint density at radius 1 is 1.04 bits per heavy atom. The number of aliphatic imine (C=N–C) groups is 1. The van der Waals surface area contributed by atoms with Crippen molar-refractivity contribution >= 4 is 23.0 Å². The zero-order chi connectivity index (χ0) is 18.4. The summed E-state index contributed by atoms with van der Waals surface area (Å²) < 4.78 is 5.24. The molecule has 0 aromatic heterocycles. The van der Waals surface area contributed by atoms with Crippen LogP contribution in [0.3, 0.4) is 0 Å². The number of carbonyl (C=O) groups is 2. The van der Waals surface area contributed by atoms with Crippen LogP contribution < -0.4 is 4.74 Å². The maximum Gasteiger partial charge on any atom is 0.192 e. The molecule has 4 rings (SSSR count). The first-order valence-corrected chi connectivity index (χ1v) is 8.60. The van der Waals surface area contributed by atoms with Gasteiger partial charge < -0.3 is 4.74 Å². The van der Waals surface area contributed by atoms with Crippen LogP contribution in [0.15, 0.2) is 59.1 Å². The number of allylic oxidation sites excluding steroid dienone is 1. The van der Waals surface area contributed by atoms with E-state index in [1.54, 1.807) is 14.0 Å². The smallest absolute Gasteiger partial charge is 0.192 e. The molecule has 0 spiro atoms. The summed E-state index contributed by atoms with van der Waals surface area (Å²) in [5, 5.41) is 0. The highest BCUT2D eigenvalue weighted by Gasteiger charge is 2.44. The molecule has 1 aliphatic heterocycles. The Balaban J connectivity index is 1.93. The molecule has 0 bridgehead atoms. The van der Waals surface area contributed by atoms with Gasteiger partial charge >= 0.3 is 0 Å². The second-order valence-corrected chi connectivity index (χ2v) is 6.73. The average Bonchev–Trinajstić information content (AvgIpc) is 2.93. The number of hydrogen-bond donors (Lipinski definition) is 0. The third-order valence-electron chi connectivity index (χ3n) is 5.22. The standard InChI is InChI=1S/C22H19NO3/c1-12-18(13(2)24)19(14-8-10-15(26-3)11-9-14)20-21(23-12)16-6-4-5-7-17(16)22(20)25/h4-11,18-19H,1-3H3/t18?,19-/m1/s1. The average molecular weight is 345 g/mol. The van der Waals surface area contributed by atoms with Crippen LogP contribution in [-0.4, -0.2) is 24.4 Å².